The first-order valence-corrected chi connectivity index (χ1v) is 7.75. The number of fused-ring (bicyclic) bond motifs is 1. The number of ether oxygens (including phenoxy) is 2. The van der Waals surface area contributed by atoms with Crippen molar-refractivity contribution in [3.05, 3.63) is 44.6 Å². The standard InChI is InChI=1S/C14H12BrNO3S/c15-13-4-2-10(20-13)5-6-16-14(17)9-1-3-11-12(7-9)19-8-18-11/h1-4,7H,5-6,8H2,(H,16,17). The number of rotatable bonds is 4. The Labute approximate surface area is 128 Å². The molecular weight excluding hydrogens is 342 g/mol. The lowest BCUT2D eigenvalue weighted by Crippen LogP contribution is -2.25. The monoisotopic (exact) mass is 353 g/mol. The molecule has 1 aliphatic rings. The lowest BCUT2D eigenvalue weighted by atomic mass is 10.2. The van der Waals surface area contributed by atoms with E-state index in [2.05, 4.69) is 27.3 Å². The molecule has 0 fully saturated rings. The van der Waals surface area contributed by atoms with Crippen LogP contribution in [0.15, 0.2) is 34.1 Å². The van der Waals surface area contributed by atoms with Gasteiger partial charge >= 0.3 is 0 Å². The van der Waals surface area contributed by atoms with E-state index in [0.29, 0.717) is 23.6 Å². The molecule has 1 aliphatic heterocycles. The normalized spacial score (nSPS) is 12.4. The molecule has 0 spiro atoms. The van der Waals surface area contributed by atoms with Gasteiger partial charge in [-0.2, -0.15) is 0 Å². The Kier molecular flexibility index (Phi) is 3.93. The van der Waals surface area contributed by atoms with Crippen LogP contribution >= 0.6 is 27.3 Å². The maximum atomic E-state index is 12.0. The molecule has 1 aromatic carbocycles. The minimum absolute atomic E-state index is 0.0982. The van der Waals surface area contributed by atoms with Crippen molar-refractivity contribution in [2.24, 2.45) is 0 Å². The van der Waals surface area contributed by atoms with E-state index >= 15 is 0 Å². The van der Waals surface area contributed by atoms with Crippen molar-refractivity contribution in [1.29, 1.82) is 0 Å². The first-order valence-electron chi connectivity index (χ1n) is 6.14. The summed E-state index contributed by atoms with van der Waals surface area (Å²) >= 11 is 5.10. The predicted molar refractivity (Wildman–Crippen MR) is 80.6 cm³/mol. The van der Waals surface area contributed by atoms with Gasteiger partial charge < -0.3 is 14.8 Å². The second kappa shape index (κ2) is 5.85. The van der Waals surface area contributed by atoms with Crippen molar-refractivity contribution < 1.29 is 14.3 Å². The van der Waals surface area contributed by atoms with Gasteiger partial charge in [0.05, 0.1) is 3.79 Å². The fraction of sp³-hybridized carbons (Fsp3) is 0.214. The first-order chi connectivity index (χ1) is 9.72. The Morgan fingerprint density at radius 1 is 1.25 bits per heavy atom. The molecule has 104 valence electrons. The Hall–Kier alpha value is -1.53. The number of thiophene rings is 1. The summed E-state index contributed by atoms with van der Waals surface area (Å²) in [6, 6.07) is 9.28. The highest BCUT2D eigenvalue weighted by molar-refractivity contribution is 9.11. The van der Waals surface area contributed by atoms with Gasteiger partial charge in [0, 0.05) is 17.0 Å². The van der Waals surface area contributed by atoms with Crippen molar-refractivity contribution in [2.75, 3.05) is 13.3 Å². The van der Waals surface area contributed by atoms with Crippen LogP contribution in [0.2, 0.25) is 0 Å². The highest BCUT2D eigenvalue weighted by Gasteiger charge is 2.15. The molecule has 20 heavy (non-hydrogen) atoms. The molecule has 1 N–H and O–H groups in total. The van der Waals surface area contributed by atoms with Gasteiger partial charge in [-0.05, 0) is 52.7 Å². The van der Waals surface area contributed by atoms with Gasteiger partial charge in [-0.3, -0.25) is 4.79 Å². The Morgan fingerprint density at radius 3 is 2.90 bits per heavy atom. The summed E-state index contributed by atoms with van der Waals surface area (Å²) in [5.74, 6) is 1.21. The molecule has 3 rings (SSSR count). The number of carbonyl (C=O) groups is 1. The van der Waals surface area contributed by atoms with Crippen LogP contribution in [0.25, 0.3) is 0 Å². The summed E-state index contributed by atoms with van der Waals surface area (Å²) in [4.78, 5) is 13.3. The van der Waals surface area contributed by atoms with E-state index in [1.54, 1.807) is 29.5 Å². The molecular formula is C14H12BrNO3S. The van der Waals surface area contributed by atoms with Gasteiger partial charge in [0.15, 0.2) is 11.5 Å². The van der Waals surface area contributed by atoms with Crippen molar-refractivity contribution >= 4 is 33.2 Å². The average molecular weight is 354 g/mol. The largest absolute Gasteiger partial charge is 0.454 e. The first kappa shape index (κ1) is 13.5. The zero-order valence-electron chi connectivity index (χ0n) is 10.5. The quantitative estimate of drug-likeness (QED) is 0.917. The van der Waals surface area contributed by atoms with Crippen LogP contribution < -0.4 is 14.8 Å². The highest BCUT2D eigenvalue weighted by Crippen LogP contribution is 2.32. The zero-order valence-corrected chi connectivity index (χ0v) is 12.9. The van der Waals surface area contributed by atoms with E-state index in [4.69, 9.17) is 9.47 Å². The smallest absolute Gasteiger partial charge is 0.251 e. The summed E-state index contributed by atoms with van der Waals surface area (Å²) in [6.45, 7) is 0.827. The third kappa shape index (κ3) is 2.96. The average Bonchev–Trinajstić information content (AvgIpc) is 3.06. The molecule has 0 unspecified atom stereocenters. The molecule has 1 aromatic heterocycles. The summed E-state index contributed by atoms with van der Waals surface area (Å²) in [5, 5.41) is 2.90. The molecule has 6 heteroatoms. The molecule has 2 aromatic rings. The third-order valence-electron chi connectivity index (χ3n) is 2.92. The fourth-order valence-electron chi connectivity index (χ4n) is 1.93. The molecule has 0 saturated carbocycles. The Morgan fingerprint density at radius 2 is 2.10 bits per heavy atom. The number of halogens is 1. The number of carbonyl (C=O) groups excluding carboxylic acids is 1. The molecule has 1 amide bonds. The topological polar surface area (TPSA) is 47.6 Å². The van der Waals surface area contributed by atoms with Crippen molar-refractivity contribution in [3.63, 3.8) is 0 Å². The third-order valence-corrected chi connectivity index (χ3v) is 4.60. The highest BCUT2D eigenvalue weighted by atomic mass is 79.9. The van der Waals surface area contributed by atoms with Crippen LogP contribution in [-0.2, 0) is 6.42 Å². The van der Waals surface area contributed by atoms with Crippen LogP contribution in [0.1, 0.15) is 15.2 Å². The maximum Gasteiger partial charge on any atom is 0.251 e. The summed E-state index contributed by atoms with van der Waals surface area (Å²) in [5.41, 5.74) is 0.585. The van der Waals surface area contributed by atoms with Crippen LogP contribution in [0.4, 0.5) is 0 Å². The van der Waals surface area contributed by atoms with Gasteiger partial charge in [0.2, 0.25) is 6.79 Å². The SMILES string of the molecule is O=C(NCCc1ccc(Br)s1)c1ccc2c(c1)OCO2. The Bertz CT molecular complexity index is 641. The molecule has 0 aliphatic carbocycles. The molecule has 2 heterocycles. The molecule has 4 nitrogen and oxygen atoms in total. The number of amides is 1. The van der Waals surface area contributed by atoms with E-state index in [1.807, 2.05) is 6.07 Å². The van der Waals surface area contributed by atoms with Crippen LogP contribution in [0.5, 0.6) is 11.5 Å². The van der Waals surface area contributed by atoms with E-state index in [-0.39, 0.29) is 12.7 Å². The van der Waals surface area contributed by atoms with Crippen LogP contribution in [0, 0.1) is 0 Å². The lowest BCUT2D eigenvalue weighted by molar-refractivity contribution is 0.0953. The van der Waals surface area contributed by atoms with Gasteiger partial charge in [0.25, 0.3) is 5.91 Å². The van der Waals surface area contributed by atoms with Gasteiger partial charge in [-0.15, -0.1) is 11.3 Å². The van der Waals surface area contributed by atoms with E-state index in [9.17, 15) is 4.79 Å². The number of benzene rings is 1. The summed E-state index contributed by atoms with van der Waals surface area (Å²) in [7, 11) is 0. The molecule has 0 atom stereocenters. The van der Waals surface area contributed by atoms with Gasteiger partial charge in [-0.25, -0.2) is 0 Å². The van der Waals surface area contributed by atoms with E-state index in [1.165, 1.54) is 4.88 Å². The van der Waals surface area contributed by atoms with E-state index < -0.39 is 0 Å². The second-order valence-electron chi connectivity index (χ2n) is 4.28. The van der Waals surface area contributed by atoms with Crippen LogP contribution in [-0.4, -0.2) is 19.2 Å². The predicted octanol–water partition coefficient (Wildman–Crippen LogP) is 3.21. The van der Waals surface area contributed by atoms with Crippen molar-refractivity contribution in [3.8, 4) is 11.5 Å². The van der Waals surface area contributed by atoms with E-state index in [0.717, 1.165) is 10.2 Å². The minimum atomic E-state index is -0.0982. The number of hydrogen-bond donors (Lipinski definition) is 1. The minimum Gasteiger partial charge on any atom is -0.454 e. The van der Waals surface area contributed by atoms with Crippen molar-refractivity contribution in [1.82, 2.24) is 5.32 Å². The zero-order chi connectivity index (χ0) is 13.9. The maximum absolute atomic E-state index is 12.0. The van der Waals surface area contributed by atoms with Gasteiger partial charge in [-0.1, -0.05) is 0 Å². The summed E-state index contributed by atoms with van der Waals surface area (Å²) in [6.07, 6.45) is 0.826. The Balaban J connectivity index is 1.56. The van der Waals surface area contributed by atoms with Crippen molar-refractivity contribution in [2.45, 2.75) is 6.42 Å². The number of nitrogens with one attached hydrogen (secondary N) is 1. The molecule has 0 saturated heterocycles. The van der Waals surface area contributed by atoms with Gasteiger partial charge in [0.1, 0.15) is 0 Å². The molecule has 0 bridgehead atoms. The summed E-state index contributed by atoms with van der Waals surface area (Å²) < 4.78 is 11.6. The fourth-order valence-corrected chi connectivity index (χ4v) is 3.41. The number of hydrogen-bond acceptors (Lipinski definition) is 4. The second-order valence-corrected chi connectivity index (χ2v) is 6.83. The molecule has 0 radical (unpaired) electrons. The lowest BCUT2D eigenvalue weighted by Gasteiger charge is -2.05. The van der Waals surface area contributed by atoms with Crippen LogP contribution in [0.3, 0.4) is 0 Å².